The average molecular weight is 200 g/mol. The Labute approximate surface area is 90.6 Å². The lowest BCUT2D eigenvalue weighted by molar-refractivity contribution is 0.545. The van der Waals surface area contributed by atoms with Crippen LogP contribution in [-0.2, 0) is 6.54 Å². The molecule has 0 aliphatic heterocycles. The molecular formula is C13H16N2. The summed E-state index contributed by atoms with van der Waals surface area (Å²) in [5, 5.41) is 0. The van der Waals surface area contributed by atoms with E-state index >= 15 is 0 Å². The van der Waals surface area contributed by atoms with Gasteiger partial charge in [0.15, 0.2) is 0 Å². The third-order valence-electron chi connectivity index (χ3n) is 2.75. The molecule has 15 heavy (non-hydrogen) atoms. The molecule has 2 aromatic rings. The molecule has 2 rings (SSSR count). The molecule has 1 aromatic heterocycles. The first-order valence-electron chi connectivity index (χ1n) is 5.41. The van der Waals surface area contributed by atoms with Gasteiger partial charge in [-0.1, -0.05) is 37.3 Å². The van der Waals surface area contributed by atoms with Crippen LogP contribution < -0.4 is 0 Å². The van der Waals surface area contributed by atoms with Crippen molar-refractivity contribution in [1.29, 1.82) is 0 Å². The van der Waals surface area contributed by atoms with E-state index in [0.29, 0.717) is 5.92 Å². The molecule has 2 nitrogen and oxygen atoms in total. The second-order valence-corrected chi connectivity index (χ2v) is 3.78. The van der Waals surface area contributed by atoms with Gasteiger partial charge >= 0.3 is 0 Å². The van der Waals surface area contributed by atoms with Gasteiger partial charge in [-0.2, -0.15) is 0 Å². The first-order valence-corrected chi connectivity index (χ1v) is 5.41. The van der Waals surface area contributed by atoms with E-state index in [-0.39, 0.29) is 0 Å². The molecule has 0 radical (unpaired) electrons. The highest BCUT2D eigenvalue weighted by Gasteiger charge is 2.08. The largest absolute Gasteiger partial charge is 0.337 e. The summed E-state index contributed by atoms with van der Waals surface area (Å²) in [5.74, 6) is 0.584. The van der Waals surface area contributed by atoms with Crippen LogP contribution in [0, 0.1) is 0 Å². The van der Waals surface area contributed by atoms with Gasteiger partial charge in [0.2, 0.25) is 0 Å². The van der Waals surface area contributed by atoms with Crippen molar-refractivity contribution in [3.8, 4) is 0 Å². The lowest BCUT2D eigenvalue weighted by Crippen LogP contribution is -2.06. The quantitative estimate of drug-likeness (QED) is 0.741. The van der Waals surface area contributed by atoms with Crippen molar-refractivity contribution in [1.82, 2.24) is 9.55 Å². The first kappa shape index (κ1) is 9.97. The number of rotatable bonds is 4. The fourth-order valence-electron chi connectivity index (χ4n) is 1.84. The van der Waals surface area contributed by atoms with Gasteiger partial charge in [-0.15, -0.1) is 0 Å². The van der Waals surface area contributed by atoms with Crippen LogP contribution in [0.25, 0.3) is 0 Å². The number of hydrogen-bond donors (Lipinski definition) is 0. The monoisotopic (exact) mass is 200 g/mol. The summed E-state index contributed by atoms with van der Waals surface area (Å²) in [4.78, 5) is 4.07. The molecule has 0 bridgehead atoms. The summed E-state index contributed by atoms with van der Waals surface area (Å²) in [7, 11) is 0. The lowest BCUT2D eigenvalue weighted by Gasteiger charge is -2.15. The molecule has 0 aliphatic rings. The zero-order valence-electron chi connectivity index (χ0n) is 9.00. The lowest BCUT2D eigenvalue weighted by atomic mass is 9.96. The maximum atomic E-state index is 4.07. The number of hydrogen-bond acceptors (Lipinski definition) is 1. The predicted molar refractivity (Wildman–Crippen MR) is 61.7 cm³/mol. The van der Waals surface area contributed by atoms with Crippen molar-refractivity contribution < 1.29 is 0 Å². The fourth-order valence-corrected chi connectivity index (χ4v) is 1.84. The van der Waals surface area contributed by atoms with Crippen LogP contribution in [0.15, 0.2) is 49.1 Å². The Morgan fingerprint density at radius 1 is 1.27 bits per heavy atom. The van der Waals surface area contributed by atoms with Gasteiger partial charge in [-0.05, 0) is 12.0 Å². The molecule has 1 heterocycles. The third-order valence-corrected chi connectivity index (χ3v) is 2.75. The highest BCUT2D eigenvalue weighted by Crippen LogP contribution is 2.20. The summed E-state index contributed by atoms with van der Waals surface area (Å²) in [6.45, 7) is 3.25. The molecule has 1 aromatic carbocycles. The molecule has 0 N–H and O–H groups in total. The third kappa shape index (κ3) is 2.46. The van der Waals surface area contributed by atoms with Crippen molar-refractivity contribution in [2.75, 3.05) is 0 Å². The van der Waals surface area contributed by atoms with E-state index in [1.807, 2.05) is 18.7 Å². The van der Waals surface area contributed by atoms with Gasteiger partial charge in [0.25, 0.3) is 0 Å². The van der Waals surface area contributed by atoms with Crippen LogP contribution in [0.5, 0.6) is 0 Å². The van der Waals surface area contributed by atoms with E-state index in [2.05, 4.69) is 46.8 Å². The van der Waals surface area contributed by atoms with Crippen LogP contribution in [0.1, 0.15) is 24.8 Å². The molecule has 78 valence electrons. The second kappa shape index (κ2) is 4.78. The van der Waals surface area contributed by atoms with Gasteiger partial charge in [0.1, 0.15) is 0 Å². The minimum absolute atomic E-state index is 0.584. The van der Waals surface area contributed by atoms with Gasteiger partial charge in [-0.3, -0.25) is 0 Å². The highest BCUT2D eigenvalue weighted by molar-refractivity contribution is 5.19. The number of nitrogens with zero attached hydrogens (tertiary/aromatic N) is 2. The molecule has 0 aliphatic carbocycles. The minimum atomic E-state index is 0.584. The van der Waals surface area contributed by atoms with Crippen LogP contribution in [0.2, 0.25) is 0 Å². The summed E-state index contributed by atoms with van der Waals surface area (Å²) in [6.07, 6.45) is 6.89. The SMILES string of the molecule is CCC(Cn1ccnc1)c1ccccc1. The van der Waals surface area contributed by atoms with Gasteiger partial charge in [0.05, 0.1) is 6.33 Å². The standard InChI is InChI=1S/C13H16N2/c1-2-12(10-15-9-8-14-11-15)13-6-4-3-5-7-13/h3-9,11-12H,2,10H2,1H3. The molecule has 2 heteroatoms. The highest BCUT2D eigenvalue weighted by atomic mass is 15.0. The minimum Gasteiger partial charge on any atom is -0.337 e. The van der Waals surface area contributed by atoms with Gasteiger partial charge in [0, 0.05) is 24.9 Å². The Balaban J connectivity index is 2.12. The normalized spacial score (nSPS) is 12.6. The van der Waals surface area contributed by atoms with Crippen molar-refractivity contribution in [3.05, 3.63) is 54.6 Å². The second-order valence-electron chi connectivity index (χ2n) is 3.78. The molecule has 1 atom stereocenters. The first-order chi connectivity index (χ1) is 7.40. The van der Waals surface area contributed by atoms with Crippen LogP contribution in [0.3, 0.4) is 0 Å². The maximum absolute atomic E-state index is 4.07. The maximum Gasteiger partial charge on any atom is 0.0946 e. The Bertz CT molecular complexity index is 378. The molecule has 0 spiro atoms. The van der Waals surface area contributed by atoms with Crippen LogP contribution >= 0.6 is 0 Å². The van der Waals surface area contributed by atoms with E-state index in [1.54, 1.807) is 0 Å². The van der Waals surface area contributed by atoms with Crippen molar-refractivity contribution >= 4 is 0 Å². The molecule has 0 fully saturated rings. The Hall–Kier alpha value is -1.57. The van der Waals surface area contributed by atoms with Crippen molar-refractivity contribution in [2.24, 2.45) is 0 Å². The molecular weight excluding hydrogens is 184 g/mol. The molecule has 1 unspecified atom stereocenters. The summed E-state index contributed by atoms with van der Waals surface area (Å²) in [6, 6.07) is 10.7. The summed E-state index contributed by atoms with van der Waals surface area (Å²) >= 11 is 0. The van der Waals surface area contributed by atoms with E-state index in [4.69, 9.17) is 0 Å². The van der Waals surface area contributed by atoms with Crippen LogP contribution in [0.4, 0.5) is 0 Å². The van der Waals surface area contributed by atoms with E-state index in [0.717, 1.165) is 13.0 Å². The van der Waals surface area contributed by atoms with Gasteiger partial charge < -0.3 is 4.57 Å². The fraction of sp³-hybridized carbons (Fsp3) is 0.308. The van der Waals surface area contributed by atoms with Crippen LogP contribution in [-0.4, -0.2) is 9.55 Å². The molecule has 0 saturated heterocycles. The summed E-state index contributed by atoms with van der Waals surface area (Å²) < 4.78 is 2.14. The summed E-state index contributed by atoms with van der Waals surface area (Å²) in [5.41, 5.74) is 1.41. The van der Waals surface area contributed by atoms with Crippen molar-refractivity contribution in [2.45, 2.75) is 25.8 Å². The Morgan fingerprint density at radius 2 is 2.07 bits per heavy atom. The Kier molecular flexibility index (Phi) is 3.18. The number of benzene rings is 1. The number of aromatic nitrogens is 2. The Morgan fingerprint density at radius 3 is 2.67 bits per heavy atom. The van der Waals surface area contributed by atoms with E-state index < -0.39 is 0 Å². The van der Waals surface area contributed by atoms with Gasteiger partial charge in [-0.25, -0.2) is 4.98 Å². The zero-order valence-corrected chi connectivity index (χ0v) is 9.00. The van der Waals surface area contributed by atoms with E-state index in [9.17, 15) is 0 Å². The average Bonchev–Trinajstić information content (AvgIpc) is 2.80. The predicted octanol–water partition coefficient (Wildman–Crippen LogP) is 3.08. The topological polar surface area (TPSA) is 17.8 Å². The van der Waals surface area contributed by atoms with E-state index in [1.165, 1.54) is 5.56 Å². The van der Waals surface area contributed by atoms with Crippen molar-refractivity contribution in [3.63, 3.8) is 0 Å². The molecule has 0 amide bonds. The smallest absolute Gasteiger partial charge is 0.0946 e. The number of imidazole rings is 1. The molecule has 0 saturated carbocycles. The zero-order chi connectivity index (χ0) is 10.5.